The van der Waals surface area contributed by atoms with Gasteiger partial charge in [0.05, 0.1) is 36.7 Å². The molecular formula is C21H23N5O3. The summed E-state index contributed by atoms with van der Waals surface area (Å²) < 4.78 is 7.21. The molecule has 2 aliphatic rings. The lowest BCUT2D eigenvalue weighted by Gasteiger charge is -2.34. The van der Waals surface area contributed by atoms with E-state index in [1.54, 1.807) is 41.7 Å². The van der Waals surface area contributed by atoms with E-state index in [0.717, 1.165) is 31.7 Å². The maximum atomic E-state index is 13.0. The fourth-order valence-corrected chi connectivity index (χ4v) is 3.87. The molecule has 1 aromatic heterocycles. The number of nitrogens with zero attached hydrogens (tertiary/aromatic N) is 4. The summed E-state index contributed by atoms with van der Waals surface area (Å²) in [5.41, 5.74) is 1.69. The molecule has 3 heterocycles. The van der Waals surface area contributed by atoms with Gasteiger partial charge in [0.1, 0.15) is 6.04 Å². The highest BCUT2D eigenvalue weighted by Crippen LogP contribution is 2.23. The van der Waals surface area contributed by atoms with Crippen LogP contribution in [0.3, 0.4) is 0 Å². The minimum absolute atomic E-state index is 0.112. The van der Waals surface area contributed by atoms with E-state index in [1.807, 2.05) is 4.57 Å². The van der Waals surface area contributed by atoms with Crippen LogP contribution in [0.4, 0.5) is 0 Å². The fraction of sp³-hybridized carbons (Fsp3) is 0.429. The van der Waals surface area contributed by atoms with Crippen LogP contribution >= 0.6 is 0 Å². The molecule has 8 nitrogen and oxygen atoms in total. The third-order valence-electron chi connectivity index (χ3n) is 5.56. The van der Waals surface area contributed by atoms with Gasteiger partial charge in [-0.3, -0.25) is 9.59 Å². The zero-order chi connectivity index (χ0) is 20.2. The predicted octanol–water partition coefficient (Wildman–Crippen LogP) is 1.49. The number of hydrogen-bond donors (Lipinski definition) is 1. The number of fused-ring (bicyclic) bond motifs is 1. The molecule has 1 saturated heterocycles. The van der Waals surface area contributed by atoms with Crippen molar-refractivity contribution in [2.45, 2.75) is 25.4 Å². The van der Waals surface area contributed by atoms with Gasteiger partial charge in [0.2, 0.25) is 5.91 Å². The molecule has 2 aromatic rings. The van der Waals surface area contributed by atoms with E-state index in [2.05, 4.69) is 16.4 Å². The van der Waals surface area contributed by atoms with Crippen molar-refractivity contribution in [2.75, 3.05) is 26.3 Å². The number of ether oxygens (including phenoxy) is 1. The number of hydrogen-bond acceptors (Lipinski definition) is 5. The van der Waals surface area contributed by atoms with Gasteiger partial charge >= 0.3 is 0 Å². The lowest BCUT2D eigenvalue weighted by molar-refractivity contribution is -0.125. The van der Waals surface area contributed by atoms with Gasteiger partial charge in [-0.25, -0.2) is 4.98 Å². The Morgan fingerprint density at radius 2 is 2.14 bits per heavy atom. The van der Waals surface area contributed by atoms with Crippen molar-refractivity contribution in [3.63, 3.8) is 0 Å². The SMILES string of the molecule is N#Cc1cccc(C(=O)N2Cc3cncn3C(C(=O)NCC3CCOCC3)C2)c1. The van der Waals surface area contributed by atoms with Gasteiger partial charge in [0.15, 0.2) is 0 Å². The first-order valence-corrected chi connectivity index (χ1v) is 9.81. The number of aromatic nitrogens is 2. The van der Waals surface area contributed by atoms with E-state index in [0.29, 0.717) is 30.1 Å². The first-order chi connectivity index (χ1) is 14.2. The summed E-state index contributed by atoms with van der Waals surface area (Å²) in [6.45, 7) is 2.72. The van der Waals surface area contributed by atoms with Gasteiger partial charge in [-0.05, 0) is 37.0 Å². The molecule has 0 bridgehead atoms. The van der Waals surface area contributed by atoms with Crippen LogP contribution in [0.25, 0.3) is 0 Å². The number of amides is 2. The summed E-state index contributed by atoms with van der Waals surface area (Å²) in [7, 11) is 0. The molecule has 1 unspecified atom stereocenters. The number of imidazole rings is 1. The van der Waals surface area contributed by atoms with Crippen molar-refractivity contribution in [1.82, 2.24) is 19.8 Å². The zero-order valence-electron chi connectivity index (χ0n) is 16.1. The summed E-state index contributed by atoms with van der Waals surface area (Å²) in [5.74, 6) is 0.112. The monoisotopic (exact) mass is 393 g/mol. The Hall–Kier alpha value is -3.18. The minimum Gasteiger partial charge on any atom is -0.381 e. The Bertz CT molecular complexity index is 942. The van der Waals surface area contributed by atoms with Gasteiger partial charge in [-0.2, -0.15) is 5.26 Å². The van der Waals surface area contributed by atoms with Gasteiger partial charge in [0, 0.05) is 31.5 Å². The molecule has 1 N–H and O–H groups in total. The van der Waals surface area contributed by atoms with E-state index in [-0.39, 0.29) is 18.4 Å². The summed E-state index contributed by atoms with van der Waals surface area (Å²) >= 11 is 0. The van der Waals surface area contributed by atoms with E-state index in [9.17, 15) is 9.59 Å². The van der Waals surface area contributed by atoms with Crippen LogP contribution in [0, 0.1) is 17.2 Å². The van der Waals surface area contributed by atoms with Crippen LogP contribution in [0.5, 0.6) is 0 Å². The second kappa shape index (κ2) is 8.45. The largest absolute Gasteiger partial charge is 0.381 e. The van der Waals surface area contributed by atoms with Crippen molar-refractivity contribution < 1.29 is 14.3 Å². The molecule has 1 aromatic carbocycles. The van der Waals surface area contributed by atoms with E-state index < -0.39 is 6.04 Å². The van der Waals surface area contributed by atoms with Crippen molar-refractivity contribution >= 4 is 11.8 Å². The highest BCUT2D eigenvalue weighted by molar-refractivity contribution is 5.95. The first kappa shape index (κ1) is 19.2. The highest BCUT2D eigenvalue weighted by atomic mass is 16.5. The van der Waals surface area contributed by atoms with Crippen LogP contribution in [-0.4, -0.2) is 52.6 Å². The molecule has 2 aliphatic heterocycles. The van der Waals surface area contributed by atoms with E-state index in [1.165, 1.54) is 0 Å². The quantitative estimate of drug-likeness (QED) is 0.848. The number of carbonyl (C=O) groups is 2. The summed E-state index contributed by atoms with van der Waals surface area (Å²) in [4.78, 5) is 31.8. The molecule has 0 aliphatic carbocycles. The van der Waals surface area contributed by atoms with Crippen LogP contribution in [-0.2, 0) is 16.1 Å². The Morgan fingerprint density at radius 3 is 2.93 bits per heavy atom. The smallest absolute Gasteiger partial charge is 0.254 e. The molecular weight excluding hydrogens is 370 g/mol. The third-order valence-corrected chi connectivity index (χ3v) is 5.56. The van der Waals surface area contributed by atoms with Crippen molar-refractivity contribution in [2.24, 2.45) is 5.92 Å². The molecule has 1 fully saturated rings. The third kappa shape index (κ3) is 4.15. The van der Waals surface area contributed by atoms with Gasteiger partial charge in [-0.1, -0.05) is 6.07 Å². The highest BCUT2D eigenvalue weighted by Gasteiger charge is 2.33. The second-order valence-corrected chi connectivity index (χ2v) is 7.49. The summed E-state index contributed by atoms with van der Waals surface area (Å²) in [6.07, 6.45) is 5.22. The topological polar surface area (TPSA) is 100 Å². The van der Waals surface area contributed by atoms with Crippen LogP contribution in [0.1, 0.15) is 40.5 Å². The van der Waals surface area contributed by atoms with Crippen LogP contribution in [0.2, 0.25) is 0 Å². The van der Waals surface area contributed by atoms with E-state index >= 15 is 0 Å². The van der Waals surface area contributed by atoms with Gasteiger partial charge < -0.3 is 19.5 Å². The predicted molar refractivity (Wildman–Crippen MR) is 104 cm³/mol. The minimum atomic E-state index is -0.524. The Balaban J connectivity index is 1.48. The summed E-state index contributed by atoms with van der Waals surface area (Å²) in [5, 5.41) is 12.1. The number of benzene rings is 1. The van der Waals surface area contributed by atoms with Crippen LogP contribution in [0.15, 0.2) is 36.8 Å². The molecule has 0 saturated carbocycles. The summed E-state index contributed by atoms with van der Waals surface area (Å²) in [6, 6.07) is 8.15. The Morgan fingerprint density at radius 1 is 1.31 bits per heavy atom. The average molecular weight is 393 g/mol. The molecule has 150 valence electrons. The lowest BCUT2D eigenvalue weighted by atomic mass is 10.0. The molecule has 29 heavy (non-hydrogen) atoms. The van der Waals surface area contributed by atoms with Gasteiger partial charge in [0.25, 0.3) is 5.91 Å². The van der Waals surface area contributed by atoms with E-state index in [4.69, 9.17) is 10.00 Å². The van der Waals surface area contributed by atoms with Crippen LogP contribution < -0.4 is 5.32 Å². The number of rotatable bonds is 4. The Labute approximate surface area is 169 Å². The molecule has 1 atom stereocenters. The first-order valence-electron chi connectivity index (χ1n) is 9.81. The molecule has 0 spiro atoms. The number of nitriles is 1. The molecule has 0 radical (unpaired) electrons. The molecule has 4 rings (SSSR count). The van der Waals surface area contributed by atoms with Gasteiger partial charge in [-0.15, -0.1) is 0 Å². The standard InChI is InChI=1S/C21H23N5O3/c22-9-16-2-1-3-17(8-16)21(28)25-12-18-11-23-14-26(18)19(13-25)20(27)24-10-15-4-6-29-7-5-15/h1-3,8,11,14-15,19H,4-7,10,12-13H2,(H,24,27). The zero-order valence-corrected chi connectivity index (χ0v) is 16.1. The second-order valence-electron chi connectivity index (χ2n) is 7.49. The Kier molecular flexibility index (Phi) is 5.58. The van der Waals surface area contributed by atoms with Crippen molar-refractivity contribution in [3.05, 3.63) is 53.6 Å². The lowest BCUT2D eigenvalue weighted by Crippen LogP contribution is -2.47. The van der Waals surface area contributed by atoms with Crippen molar-refractivity contribution in [1.29, 1.82) is 5.26 Å². The average Bonchev–Trinajstić information content (AvgIpc) is 3.25. The number of carbonyl (C=O) groups excluding carboxylic acids is 2. The maximum Gasteiger partial charge on any atom is 0.254 e. The maximum absolute atomic E-state index is 13.0. The van der Waals surface area contributed by atoms with Crippen molar-refractivity contribution in [3.8, 4) is 6.07 Å². The molecule has 8 heteroatoms. The normalized spacial score (nSPS) is 19.3. The fourth-order valence-electron chi connectivity index (χ4n) is 3.87. The molecule has 2 amide bonds. The number of nitrogens with one attached hydrogen (secondary N) is 1.